The zero-order chi connectivity index (χ0) is 21.5. The molecule has 0 fully saturated rings. The van der Waals surface area contributed by atoms with Crippen molar-refractivity contribution in [2.75, 3.05) is 6.54 Å². The standard InChI is InChI=1S/C25H20FN3O2/c26-21-10-4-8-19(14-21)23-16-24(29-17-28-23)31-22-11-5-9-20(15-22)25(30)27-13-12-18-6-2-1-3-7-18/h1-11,14-17H,12-13H2,(H,27,30). The minimum atomic E-state index is -0.343. The lowest BCUT2D eigenvalue weighted by Crippen LogP contribution is -2.25. The first-order valence-corrected chi connectivity index (χ1v) is 9.85. The Morgan fingerprint density at radius 2 is 1.74 bits per heavy atom. The van der Waals surface area contributed by atoms with Crippen molar-refractivity contribution in [2.45, 2.75) is 6.42 Å². The van der Waals surface area contributed by atoms with Crippen LogP contribution in [0.25, 0.3) is 11.3 Å². The summed E-state index contributed by atoms with van der Waals surface area (Å²) in [6.07, 6.45) is 2.11. The van der Waals surface area contributed by atoms with E-state index in [4.69, 9.17) is 4.74 Å². The third kappa shape index (κ3) is 5.51. The molecule has 31 heavy (non-hydrogen) atoms. The maximum absolute atomic E-state index is 13.5. The number of rotatable bonds is 7. The van der Waals surface area contributed by atoms with Crippen LogP contribution >= 0.6 is 0 Å². The van der Waals surface area contributed by atoms with E-state index in [0.717, 1.165) is 12.0 Å². The molecule has 1 amide bonds. The van der Waals surface area contributed by atoms with Gasteiger partial charge in [0, 0.05) is 23.7 Å². The lowest BCUT2D eigenvalue weighted by Gasteiger charge is -2.09. The van der Waals surface area contributed by atoms with Crippen molar-refractivity contribution in [3.8, 4) is 22.9 Å². The highest BCUT2D eigenvalue weighted by Gasteiger charge is 2.09. The summed E-state index contributed by atoms with van der Waals surface area (Å²) in [5, 5.41) is 2.92. The van der Waals surface area contributed by atoms with Crippen molar-refractivity contribution < 1.29 is 13.9 Å². The zero-order valence-corrected chi connectivity index (χ0v) is 16.7. The SMILES string of the molecule is O=C(NCCc1ccccc1)c1cccc(Oc2cc(-c3cccc(F)c3)ncn2)c1. The van der Waals surface area contributed by atoms with Gasteiger partial charge in [-0.05, 0) is 42.3 Å². The van der Waals surface area contributed by atoms with Crippen LogP contribution in [0.2, 0.25) is 0 Å². The van der Waals surface area contributed by atoms with Gasteiger partial charge in [0.15, 0.2) is 0 Å². The van der Waals surface area contributed by atoms with E-state index in [1.54, 1.807) is 42.5 Å². The quantitative estimate of drug-likeness (QED) is 0.461. The predicted molar refractivity (Wildman–Crippen MR) is 116 cm³/mol. The van der Waals surface area contributed by atoms with E-state index in [0.29, 0.717) is 35.0 Å². The van der Waals surface area contributed by atoms with Gasteiger partial charge >= 0.3 is 0 Å². The first-order chi connectivity index (χ1) is 15.2. The van der Waals surface area contributed by atoms with E-state index >= 15 is 0 Å². The van der Waals surface area contributed by atoms with Crippen LogP contribution in [0, 0.1) is 5.82 Å². The number of aromatic nitrogens is 2. The molecular weight excluding hydrogens is 393 g/mol. The Balaban J connectivity index is 1.41. The molecule has 0 atom stereocenters. The van der Waals surface area contributed by atoms with E-state index < -0.39 is 0 Å². The van der Waals surface area contributed by atoms with Crippen LogP contribution in [0.15, 0.2) is 91.3 Å². The van der Waals surface area contributed by atoms with Gasteiger partial charge in [-0.25, -0.2) is 14.4 Å². The molecule has 3 aromatic carbocycles. The molecule has 0 saturated heterocycles. The van der Waals surface area contributed by atoms with Crippen molar-refractivity contribution in [2.24, 2.45) is 0 Å². The molecule has 154 valence electrons. The average molecular weight is 413 g/mol. The lowest BCUT2D eigenvalue weighted by atomic mass is 10.1. The highest BCUT2D eigenvalue weighted by molar-refractivity contribution is 5.94. The van der Waals surface area contributed by atoms with E-state index in [9.17, 15) is 9.18 Å². The van der Waals surface area contributed by atoms with Crippen LogP contribution < -0.4 is 10.1 Å². The van der Waals surface area contributed by atoms with Crippen LogP contribution in [-0.4, -0.2) is 22.4 Å². The summed E-state index contributed by atoms with van der Waals surface area (Å²) in [6, 6.07) is 24.6. The average Bonchev–Trinajstić information content (AvgIpc) is 2.80. The molecule has 6 heteroatoms. The molecule has 0 radical (unpaired) electrons. The Labute approximate surface area is 179 Å². The summed E-state index contributed by atoms with van der Waals surface area (Å²) < 4.78 is 19.3. The third-order valence-electron chi connectivity index (χ3n) is 4.62. The number of nitrogens with zero attached hydrogens (tertiary/aromatic N) is 2. The summed E-state index contributed by atoms with van der Waals surface area (Å²) in [5.74, 6) is 0.254. The fourth-order valence-electron chi connectivity index (χ4n) is 3.09. The van der Waals surface area contributed by atoms with Crippen LogP contribution in [0.3, 0.4) is 0 Å². The molecule has 0 saturated carbocycles. The van der Waals surface area contributed by atoms with Gasteiger partial charge < -0.3 is 10.1 Å². The molecule has 0 unspecified atom stereocenters. The number of carbonyl (C=O) groups is 1. The molecule has 0 bridgehead atoms. The minimum absolute atomic E-state index is 0.176. The van der Waals surface area contributed by atoms with E-state index in [1.807, 2.05) is 30.3 Å². The molecule has 4 aromatic rings. The monoisotopic (exact) mass is 413 g/mol. The van der Waals surface area contributed by atoms with Crippen LogP contribution in [-0.2, 0) is 6.42 Å². The highest BCUT2D eigenvalue weighted by Crippen LogP contribution is 2.24. The molecule has 1 N–H and O–H groups in total. The predicted octanol–water partition coefficient (Wildman–Crippen LogP) is 5.05. The van der Waals surface area contributed by atoms with E-state index in [-0.39, 0.29) is 11.7 Å². The van der Waals surface area contributed by atoms with Crippen molar-refractivity contribution in [3.05, 3.63) is 108 Å². The number of carbonyl (C=O) groups excluding carboxylic acids is 1. The van der Waals surface area contributed by atoms with Gasteiger partial charge in [-0.2, -0.15) is 0 Å². The molecule has 0 aliphatic rings. The second-order valence-corrected chi connectivity index (χ2v) is 6.87. The molecule has 4 rings (SSSR count). The summed E-state index contributed by atoms with van der Waals surface area (Å²) in [4.78, 5) is 20.8. The molecule has 1 aromatic heterocycles. The Morgan fingerprint density at radius 3 is 2.58 bits per heavy atom. The summed E-state index contributed by atoms with van der Waals surface area (Å²) in [5.41, 5.74) is 2.82. The molecule has 0 spiro atoms. The second kappa shape index (κ2) is 9.63. The Hall–Kier alpha value is -4.06. The van der Waals surface area contributed by atoms with Gasteiger partial charge in [-0.15, -0.1) is 0 Å². The molecule has 0 aliphatic carbocycles. The maximum atomic E-state index is 13.5. The number of amides is 1. The van der Waals surface area contributed by atoms with Gasteiger partial charge in [0.05, 0.1) is 5.69 Å². The number of hydrogen-bond acceptors (Lipinski definition) is 4. The largest absolute Gasteiger partial charge is 0.439 e. The van der Waals surface area contributed by atoms with Gasteiger partial charge in [0.2, 0.25) is 5.88 Å². The number of nitrogens with one attached hydrogen (secondary N) is 1. The normalized spacial score (nSPS) is 10.5. The molecular formula is C25H20FN3O2. The number of halogens is 1. The van der Waals surface area contributed by atoms with Crippen molar-refractivity contribution >= 4 is 5.91 Å². The third-order valence-corrected chi connectivity index (χ3v) is 4.62. The van der Waals surface area contributed by atoms with Gasteiger partial charge in [-0.1, -0.05) is 48.5 Å². The summed E-state index contributed by atoms with van der Waals surface area (Å²) >= 11 is 0. The smallest absolute Gasteiger partial charge is 0.251 e. The van der Waals surface area contributed by atoms with Gasteiger partial charge in [0.1, 0.15) is 17.9 Å². The zero-order valence-electron chi connectivity index (χ0n) is 16.7. The van der Waals surface area contributed by atoms with Crippen LogP contribution in [0.4, 0.5) is 4.39 Å². The first-order valence-electron chi connectivity index (χ1n) is 9.85. The number of hydrogen-bond donors (Lipinski definition) is 1. The van der Waals surface area contributed by atoms with Crippen LogP contribution in [0.5, 0.6) is 11.6 Å². The van der Waals surface area contributed by atoms with Crippen molar-refractivity contribution in [1.29, 1.82) is 0 Å². The van der Waals surface area contributed by atoms with Gasteiger partial charge in [-0.3, -0.25) is 4.79 Å². The minimum Gasteiger partial charge on any atom is -0.439 e. The fraction of sp³-hybridized carbons (Fsp3) is 0.0800. The highest BCUT2D eigenvalue weighted by atomic mass is 19.1. The first kappa shape index (κ1) is 20.2. The topological polar surface area (TPSA) is 64.1 Å². The molecule has 0 aliphatic heterocycles. The number of benzene rings is 3. The molecule has 1 heterocycles. The number of ether oxygens (including phenoxy) is 1. The maximum Gasteiger partial charge on any atom is 0.251 e. The van der Waals surface area contributed by atoms with E-state index in [2.05, 4.69) is 15.3 Å². The summed E-state index contributed by atoms with van der Waals surface area (Å²) in [7, 11) is 0. The fourth-order valence-corrected chi connectivity index (χ4v) is 3.09. The van der Waals surface area contributed by atoms with Gasteiger partial charge in [0.25, 0.3) is 5.91 Å². The van der Waals surface area contributed by atoms with Crippen molar-refractivity contribution in [3.63, 3.8) is 0 Å². The summed E-state index contributed by atoms with van der Waals surface area (Å²) in [6.45, 7) is 0.539. The van der Waals surface area contributed by atoms with Crippen LogP contribution in [0.1, 0.15) is 15.9 Å². The lowest BCUT2D eigenvalue weighted by molar-refractivity contribution is 0.0954. The van der Waals surface area contributed by atoms with Crippen molar-refractivity contribution in [1.82, 2.24) is 15.3 Å². The van der Waals surface area contributed by atoms with E-state index in [1.165, 1.54) is 18.5 Å². The molecule has 5 nitrogen and oxygen atoms in total. The Bertz CT molecular complexity index is 1180. The Kier molecular flexibility index (Phi) is 6.28. The second-order valence-electron chi connectivity index (χ2n) is 6.87. The Morgan fingerprint density at radius 1 is 0.903 bits per heavy atom.